The highest BCUT2D eigenvalue weighted by atomic mass is 32.2. The highest BCUT2D eigenvalue weighted by Crippen LogP contribution is 2.27. The van der Waals surface area contributed by atoms with Gasteiger partial charge in [0, 0.05) is 17.8 Å². The van der Waals surface area contributed by atoms with Crippen LogP contribution in [0.15, 0.2) is 40.6 Å². The Labute approximate surface area is 122 Å². The average molecular weight is 309 g/mol. The molecule has 2 heterocycles. The molecule has 0 saturated carbocycles. The molecule has 1 N–H and O–H groups in total. The highest BCUT2D eigenvalue weighted by Gasteiger charge is 2.18. The Kier molecular flexibility index (Phi) is 3.78. The van der Waals surface area contributed by atoms with Gasteiger partial charge in [-0.25, -0.2) is 13.1 Å². The number of benzene rings is 1. The fourth-order valence-corrected chi connectivity index (χ4v) is 3.97. The van der Waals surface area contributed by atoms with E-state index >= 15 is 0 Å². The molecular formula is C14H15NO3S2. The summed E-state index contributed by atoms with van der Waals surface area (Å²) in [5.41, 5.74) is 0.964. The summed E-state index contributed by atoms with van der Waals surface area (Å²) < 4.78 is 32.4. The van der Waals surface area contributed by atoms with Gasteiger partial charge in [0.1, 0.15) is 5.75 Å². The molecular weight excluding hydrogens is 294 g/mol. The summed E-state index contributed by atoms with van der Waals surface area (Å²) in [6.45, 7) is 1.04. The van der Waals surface area contributed by atoms with E-state index in [2.05, 4.69) is 4.72 Å². The summed E-state index contributed by atoms with van der Waals surface area (Å²) >= 11 is 1.63. The van der Waals surface area contributed by atoms with Gasteiger partial charge in [0.25, 0.3) is 0 Å². The van der Waals surface area contributed by atoms with Crippen LogP contribution in [0.1, 0.15) is 10.4 Å². The Morgan fingerprint density at radius 2 is 2.20 bits per heavy atom. The Hall–Kier alpha value is -1.37. The maximum atomic E-state index is 12.2. The number of ether oxygens (including phenoxy) is 1. The molecule has 0 atom stereocenters. The summed E-state index contributed by atoms with van der Waals surface area (Å²) in [6.07, 6.45) is 1.48. The standard InChI is InChI=1S/C14H15NO3S2/c16-20(17,15-7-5-12-2-1-9-19-12)13-3-4-14-11(10-13)6-8-18-14/h1-4,9-10,15H,5-8H2. The first kappa shape index (κ1) is 13.6. The zero-order valence-corrected chi connectivity index (χ0v) is 12.5. The molecule has 0 unspecified atom stereocenters. The van der Waals surface area contributed by atoms with E-state index < -0.39 is 10.0 Å². The van der Waals surface area contributed by atoms with Gasteiger partial charge < -0.3 is 4.74 Å². The van der Waals surface area contributed by atoms with Crippen molar-refractivity contribution in [3.63, 3.8) is 0 Å². The highest BCUT2D eigenvalue weighted by molar-refractivity contribution is 7.89. The molecule has 20 heavy (non-hydrogen) atoms. The molecule has 6 heteroatoms. The number of rotatable bonds is 5. The van der Waals surface area contributed by atoms with Crippen molar-refractivity contribution in [2.75, 3.05) is 13.2 Å². The van der Waals surface area contributed by atoms with Gasteiger partial charge in [-0.15, -0.1) is 11.3 Å². The Morgan fingerprint density at radius 3 is 3.00 bits per heavy atom. The van der Waals surface area contributed by atoms with Crippen LogP contribution in [0.2, 0.25) is 0 Å². The molecule has 1 aliphatic heterocycles. The molecule has 0 fully saturated rings. The predicted octanol–water partition coefficient (Wildman–Crippen LogP) is 2.20. The lowest BCUT2D eigenvalue weighted by molar-refractivity contribution is 0.356. The lowest BCUT2D eigenvalue weighted by Gasteiger charge is -2.07. The van der Waals surface area contributed by atoms with Crippen molar-refractivity contribution in [3.05, 3.63) is 46.2 Å². The normalized spacial score (nSPS) is 14.0. The summed E-state index contributed by atoms with van der Waals surface area (Å²) in [4.78, 5) is 1.49. The molecule has 1 aliphatic rings. The van der Waals surface area contributed by atoms with E-state index in [4.69, 9.17) is 4.74 Å². The Morgan fingerprint density at radius 1 is 1.30 bits per heavy atom. The molecule has 3 rings (SSSR count). The van der Waals surface area contributed by atoms with Gasteiger partial charge in [-0.1, -0.05) is 6.07 Å². The van der Waals surface area contributed by atoms with Crippen molar-refractivity contribution in [1.29, 1.82) is 0 Å². The first-order valence-electron chi connectivity index (χ1n) is 6.43. The number of thiophene rings is 1. The van der Waals surface area contributed by atoms with Gasteiger partial charge >= 0.3 is 0 Å². The van der Waals surface area contributed by atoms with E-state index in [0.717, 1.165) is 17.7 Å². The Balaban J connectivity index is 1.68. The first-order chi connectivity index (χ1) is 9.65. The third-order valence-corrected chi connectivity index (χ3v) is 5.61. The van der Waals surface area contributed by atoms with Crippen LogP contribution in [0.25, 0.3) is 0 Å². The minimum absolute atomic E-state index is 0.313. The molecule has 0 amide bonds. The van der Waals surface area contributed by atoms with Crippen LogP contribution in [-0.4, -0.2) is 21.6 Å². The van der Waals surface area contributed by atoms with Crippen molar-refractivity contribution < 1.29 is 13.2 Å². The summed E-state index contributed by atoms with van der Waals surface area (Å²) in [5.74, 6) is 0.794. The lowest BCUT2D eigenvalue weighted by atomic mass is 10.2. The average Bonchev–Trinajstić information content (AvgIpc) is 3.08. The molecule has 0 saturated heterocycles. The van der Waals surface area contributed by atoms with Gasteiger partial charge in [0.05, 0.1) is 11.5 Å². The molecule has 4 nitrogen and oxygen atoms in total. The lowest BCUT2D eigenvalue weighted by Crippen LogP contribution is -2.25. The van der Waals surface area contributed by atoms with Crippen molar-refractivity contribution >= 4 is 21.4 Å². The van der Waals surface area contributed by atoms with Crippen molar-refractivity contribution in [1.82, 2.24) is 4.72 Å². The predicted molar refractivity (Wildman–Crippen MR) is 78.9 cm³/mol. The van der Waals surface area contributed by atoms with Crippen LogP contribution in [0.3, 0.4) is 0 Å². The molecule has 0 spiro atoms. The zero-order chi connectivity index (χ0) is 14.0. The topological polar surface area (TPSA) is 55.4 Å². The number of sulfonamides is 1. The summed E-state index contributed by atoms with van der Waals surface area (Å²) in [7, 11) is -3.44. The Bertz CT molecular complexity index is 693. The molecule has 2 aromatic rings. The largest absolute Gasteiger partial charge is 0.493 e. The van der Waals surface area contributed by atoms with Crippen molar-refractivity contribution in [3.8, 4) is 5.75 Å². The monoisotopic (exact) mass is 309 g/mol. The third-order valence-electron chi connectivity index (χ3n) is 3.21. The fraction of sp³-hybridized carbons (Fsp3) is 0.286. The maximum Gasteiger partial charge on any atom is 0.240 e. The summed E-state index contributed by atoms with van der Waals surface area (Å²) in [5, 5.41) is 1.99. The number of fused-ring (bicyclic) bond motifs is 1. The van der Waals surface area contributed by atoms with Gasteiger partial charge in [0.15, 0.2) is 0 Å². The van der Waals surface area contributed by atoms with E-state index in [1.54, 1.807) is 29.5 Å². The van der Waals surface area contributed by atoms with E-state index in [9.17, 15) is 8.42 Å². The van der Waals surface area contributed by atoms with Crippen molar-refractivity contribution in [2.24, 2.45) is 0 Å². The molecule has 0 aliphatic carbocycles. The number of hydrogen-bond acceptors (Lipinski definition) is 4. The van der Waals surface area contributed by atoms with Crippen LogP contribution in [0.5, 0.6) is 5.75 Å². The second kappa shape index (κ2) is 5.55. The maximum absolute atomic E-state index is 12.2. The SMILES string of the molecule is O=S(=O)(NCCc1cccs1)c1ccc2c(c1)CCO2. The van der Waals surface area contributed by atoms with Crippen LogP contribution in [0.4, 0.5) is 0 Å². The molecule has 0 radical (unpaired) electrons. The summed E-state index contributed by atoms with van der Waals surface area (Å²) in [6, 6.07) is 9.00. The van der Waals surface area contributed by atoms with Crippen LogP contribution in [0, 0.1) is 0 Å². The van der Waals surface area contributed by atoms with Gasteiger partial charge in [-0.3, -0.25) is 0 Å². The van der Waals surface area contributed by atoms with Crippen LogP contribution < -0.4 is 9.46 Å². The molecule has 106 valence electrons. The number of hydrogen-bond donors (Lipinski definition) is 1. The van der Waals surface area contributed by atoms with Gasteiger partial charge in [-0.2, -0.15) is 0 Å². The smallest absolute Gasteiger partial charge is 0.240 e. The quantitative estimate of drug-likeness (QED) is 0.921. The van der Waals surface area contributed by atoms with E-state index in [1.165, 1.54) is 4.88 Å². The van der Waals surface area contributed by atoms with E-state index in [0.29, 0.717) is 24.5 Å². The van der Waals surface area contributed by atoms with Crippen molar-refractivity contribution in [2.45, 2.75) is 17.7 Å². The third kappa shape index (κ3) is 2.87. The second-order valence-corrected chi connectivity index (χ2v) is 7.39. The molecule has 0 bridgehead atoms. The fourth-order valence-electron chi connectivity index (χ4n) is 2.18. The number of nitrogens with one attached hydrogen (secondary N) is 1. The first-order valence-corrected chi connectivity index (χ1v) is 8.79. The van der Waals surface area contributed by atoms with Gasteiger partial charge in [-0.05, 0) is 41.6 Å². The molecule has 1 aromatic carbocycles. The van der Waals surface area contributed by atoms with Crippen LogP contribution in [-0.2, 0) is 22.9 Å². The minimum atomic E-state index is -3.44. The molecule has 1 aromatic heterocycles. The van der Waals surface area contributed by atoms with Crippen LogP contribution >= 0.6 is 11.3 Å². The van der Waals surface area contributed by atoms with E-state index in [1.807, 2.05) is 17.5 Å². The zero-order valence-electron chi connectivity index (χ0n) is 10.8. The second-order valence-electron chi connectivity index (χ2n) is 4.60. The van der Waals surface area contributed by atoms with Gasteiger partial charge in [0.2, 0.25) is 10.0 Å². The van der Waals surface area contributed by atoms with E-state index in [-0.39, 0.29) is 0 Å². The minimum Gasteiger partial charge on any atom is -0.493 e.